The monoisotopic (exact) mass is 1220 g/mol. The van der Waals surface area contributed by atoms with Crippen LogP contribution in [-0.2, 0) is 0 Å². The van der Waals surface area contributed by atoms with Crippen LogP contribution in [0.2, 0.25) is 0 Å². The highest BCUT2D eigenvalue weighted by Crippen LogP contribution is 2.26. The molecule has 9 aromatic carbocycles. The van der Waals surface area contributed by atoms with Crippen molar-refractivity contribution in [1.29, 1.82) is 0 Å². The van der Waals surface area contributed by atoms with E-state index in [4.69, 9.17) is 0 Å². The second-order valence-corrected chi connectivity index (χ2v) is 22.2. The first kappa shape index (κ1) is 67.5. The standard InChI is InChI=1S/2C13H11F.5C12H11N/c1-10-2-4-11(5-3-10)12-6-8-13(14)9-7-12;1-10-5-7-11(8-6-10)12-3-2-4-13(14)9-12;1-10-2-4-11(5-3-10)12-6-8-13-9-7-12;1-10-4-2-5-11(8-10)12-6-3-7-13-9-12;1-10-5-2-3-7-12(10)11-6-4-8-13-9-11;1-10-3-2-4-12(9-10)11-5-7-13-8-6-11;1-10-4-2-3-5-12(10)11-6-8-13-9-7-11/h2*2-9H,1H3;5*2-9H,1H3. The molecular formula is C86H77F2N5. The second kappa shape index (κ2) is 36.3. The maximum absolute atomic E-state index is 12.9. The highest BCUT2D eigenvalue weighted by atomic mass is 19.1. The van der Waals surface area contributed by atoms with E-state index >= 15 is 0 Å². The predicted molar refractivity (Wildman–Crippen MR) is 385 cm³/mol. The van der Waals surface area contributed by atoms with Crippen molar-refractivity contribution in [1.82, 2.24) is 24.9 Å². The summed E-state index contributed by atoms with van der Waals surface area (Å²) in [6.07, 6.45) is 18.3. The van der Waals surface area contributed by atoms with Gasteiger partial charge in [0.2, 0.25) is 0 Å². The molecule has 5 aromatic heterocycles. The average molecular weight is 1220 g/mol. The maximum Gasteiger partial charge on any atom is 0.123 e. The molecule has 0 aliphatic carbocycles. The van der Waals surface area contributed by atoms with Crippen molar-refractivity contribution in [2.24, 2.45) is 0 Å². The minimum atomic E-state index is -0.194. The fourth-order valence-electron chi connectivity index (χ4n) is 9.67. The van der Waals surface area contributed by atoms with Crippen LogP contribution in [0.5, 0.6) is 0 Å². The van der Waals surface area contributed by atoms with Crippen LogP contribution in [0, 0.1) is 60.1 Å². The number of halogens is 2. The van der Waals surface area contributed by atoms with E-state index in [1.54, 1.807) is 36.7 Å². The highest BCUT2D eigenvalue weighted by molar-refractivity contribution is 5.69. The number of aryl methyl sites for hydroxylation is 7. The van der Waals surface area contributed by atoms with Crippen LogP contribution in [-0.4, -0.2) is 24.9 Å². The minimum absolute atomic E-state index is 0.192. The molecule has 0 saturated carbocycles. The average Bonchev–Trinajstić information content (AvgIpc) is 3.29. The van der Waals surface area contributed by atoms with Gasteiger partial charge in [-0.25, -0.2) is 8.78 Å². The van der Waals surface area contributed by atoms with Crippen molar-refractivity contribution >= 4 is 0 Å². The minimum Gasteiger partial charge on any atom is -0.265 e. The van der Waals surface area contributed by atoms with Gasteiger partial charge in [-0.3, -0.25) is 24.9 Å². The molecule has 0 N–H and O–H groups in total. The van der Waals surface area contributed by atoms with Gasteiger partial charge in [-0.2, -0.15) is 0 Å². The molecule has 7 heteroatoms. The van der Waals surface area contributed by atoms with Crippen LogP contribution < -0.4 is 0 Å². The molecule has 0 radical (unpaired) electrons. The first-order valence-electron chi connectivity index (χ1n) is 30.8. The molecule has 5 nitrogen and oxygen atoms in total. The molecule has 0 unspecified atom stereocenters. The Morgan fingerprint density at radius 1 is 0.194 bits per heavy atom. The normalized spacial score (nSPS) is 9.99. The number of aromatic nitrogens is 5. The van der Waals surface area contributed by atoms with Crippen LogP contribution in [0.15, 0.2) is 341 Å². The van der Waals surface area contributed by atoms with Gasteiger partial charge in [-0.1, -0.05) is 234 Å². The number of hydrogen-bond donors (Lipinski definition) is 0. The molecule has 14 aromatic rings. The van der Waals surface area contributed by atoms with Gasteiger partial charge in [0.1, 0.15) is 11.6 Å². The van der Waals surface area contributed by atoms with Gasteiger partial charge in [-0.15, -0.1) is 0 Å². The molecular weight excluding hydrogens is 1140 g/mol. The summed E-state index contributed by atoms with van der Waals surface area (Å²) in [5.74, 6) is -0.385. The van der Waals surface area contributed by atoms with Gasteiger partial charge in [0.25, 0.3) is 0 Å². The summed E-state index contributed by atoms with van der Waals surface area (Å²) in [6.45, 7) is 14.6. The Bertz CT molecular complexity index is 4210. The summed E-state index contributed by atoms with van der Waals surface area (Å²) in [6, 6.07) is 91.7. The molecule has 0 bridgehead atoms. The van der Waals surface area contributed by atoms with E-state index in [-0.39, 0.29) is 11.6 Å². The Labute approximate surface area is 548 Å². The van der Waals surface area contributed by atoms with Crippen LogP contribution in [0.3, 0.4) is 0 Å². The van der Waals surface area contributed by atoms with Gasteiger partial charge in [0.05, 0.1) is 0 Å². The van der Waals surface area contributed by atoms with Gasteiger partial charge in [0, 0.05) is 67.5 Å². The predicted octanol–water partition coefficient (Wildman–Crippen LogP) is 22.9. The SMILES string of the molecule is Cc1ccc(-c2ccc(F)cc2)cc1.Cc1ccc(-c2cccc(F)c2)cc1.Cc1ccc(-c2ccncc2)cc1.Cc1cccc(-c2cccnc2)c1.Cc1cccc(-c2ccncc2)c1.Cc1ccccc1-c1cccnc1.Cc1ccccc1-c1ccncc1. The Hall–Kier alpha value is -11.4. The van der Waals surface area contributed by atoms with Crippen molar-refractivity contribution in [2.75, 3.05) is 0 Å². The van der Waals surface area contributed by atoms with Gasteiger partial charge in [-0.05, 0) is 205 Å². The first-order chi connectivity index (χ1) is 45.3. The van der Waals surface area contributed by atoms with Gasteiger partial charge >= 0.3 is 0 Å². The lowest BCUT2D eigenvalue weighted by Gasteiger charge is -2.03. The molecule has 14 rings (SSSR count). The lowest BCUT2D eigenvalue weighted by Crippen LogP contribution is -1.82. The zero-order valence-electron chi connectivity index (χ0n) is 53.8. The Morgan fingerprint density at radius 3 is 0.914 bits per heavy atom. The van der Waals surface area contributed by atoms with Crippen molar-refractivity contribution in [3.63, 3.8) is 0 Å². The molecule has 0 aliphatic heterocycles. The third-order valence-electron chi connectivity index (χ3n) is 14.8. The Balaban J connectivity index is 0.000000139. The van der Waals surface area contributed by atoms with E-state index < -0.39 is 0 Å². The number of benzene rings is 9. The van der Waals surface area contributed by atoms with Crippen LogP contribution in [0.25, 0.3) is 77.9 Å². The van der Waals surface area contributed by atoms with Crippen molar-refractivity contribution < 1.29 is 8.78 Å². The van der Waals surface area contributed by atoms with E-state index in [1.165, 1.54) is 113 Å². The van der Waals surface area contributed by atoms with E-state index in [9.17, 15) is 8.78 Å². The Morgan fingerprint density at radius 2 is 0.516 bits per heavy atom. The lowest BCUT2D eigenvalue weighted by molar-refractivity contribution is 0.627. The van der Waals surface area contributed by atoms with Gasteiger partial charge < -0.3 is 0 Å². The van der Waals surface area contributed by atoms with E-state index in [1.807, 2.05) is 147 Å². The molecule has 460 valence electrons. The van der Waals surface area contributed by atoms with Gasteiger partial charge in [0.15, 0.2) is 0 Å². The topological polar surface area (TPSA) is 64.5 Å². The Kier molecular flexibility index (Phi) is 26.4. The zero-order chi connectivity index (χ0) is 65.4. The van der Waals surface area contributed by atoms with E-state index in [0.717, 1.165) is 22.3 Å². The quantitative estimate of drug-likeness (QED) is 0.159. The van der Waals surface area contributed by atoms with E-state index in [2.05, 4.69) is 212 Å². The largest absolute Gasteiger partial charge is 0.265 e. The summed E-state index contributed by atoms with van der Waals surface area (Å²) in [5.41, 5.74) is 25.3. The number of pyridine rings is 5. The molecule has 0 atom stereocenters. The van der Waals surface area contributed by atoms with Crippen LogP contribution >= 0.6 is 0 Å². The van der Waals surface area contributed by atoms with Crippen molar-refractivity contribution in [3.8, 4) is 77.9 Å². The second-order valence-electron chi connectivity index (χ2n) is 22.2. The zero-order valence-corrected chi connectivity index (χ0v) is 53.8. The molecule has 0 fully saturated rings. The third-order valence-corrected chi connectivity index (χ3v) is 14.8. The van der Waals surface area contributed by atoms with Crippen LogP contribution in [0.1, 0.15) is 38.9 Å². The number of hydrogen-bond acceptors (Lipinski definition) is 5. The molecule has 0 amide bonds. The van der Waals surface area contributed by atoms with Crippen molar-refractivity contribution in [2.45, 2.75) is 48.5 Å². The van der Waals surface area contributed by atoms with Crippen molar-refractivity contribution in [3.05, 3.63) is 392 Å². The third kappa shape index (κ3) is 22.5. The van der Waals surface area contributed by atoms with Crippen LogP contribution in [0.4, 0.5) is 8.78 Å². The summed E-state index contributed by atoms with van der Waals surface area (Å²) in [7, 11) is 0. The lowest BCUT2D eigenvalue weighted by atomic mass is 10.0. The number of rotatable bonds is 7. The summed E-state index contributed by atoms with van der Waals surface area (Å²) >= 11 is 0. The highest BCUT2D eigenvalue weighted by Gasteiger charge is 2.03. The molecule has 0 spiro atoms. The molecule has 5 heterocycles. The summed E-state index contributed by atoms with van der Waals surface area (Å²) in [4.78, 5) is 20.2. The molecule has 0 aliphatic rings. The fourth-order valence-corrected chi connectivity index (χ4v) is 9.67. The maximum atomic E-state index is 12.9. The van der Waals surface area contributed by atoms with E-state index in [0.29, 0.717) is 0 Å². The number of nitrogens with zero attached hydrogens (tertiary/aromatic N) is 5. The fraction of sp³-hybridized carbons (Fsp3) is 0.0814. The summed E-state index contributed by atoms with van der Waals surface area (Å²) < 4.78 is 25.6. The summed E-state index contributed by atoms with van der Waals surface area (Å²) in [5, 5.41) is 0. The molecule has 93 heavy (non-hydrogen) atoms. The molecule has 0 saturated heterocycles. The smallest absolute Gasteiger partial charge is 0.123 e. The first-order valence-corrected chi connectivity index (χ1v) is 30.8.